The van der Waals surface area contributed by atoms with Crippen molar-refractivity contribution in [3.8, 4) is 22.3 Å². The molecule has 8 aromatic carbocycles. The van der Waals surface area contributed by atoms with Crippen LogP contribution >= 0.6 is 0 Å². The van der Waals surface area contributed by atoms with Crippen molar-refractivity contribution >= 4 is 27.8 Å². The van der Waals surface area contributed by atoms with Gasteiger partial charge in [0.15, 0.2) is 0 Å². The van der Waals surface area contributed by atoms with E-state index in [1.165, 1.54) is 110 Å². The minimum absolute atomic E-state index is 0.484. The molecule has 55 heavy (non-hydrogen) atoms. The van der Waals surface area contributed by atoms with Crippen LogP contribution in [0.4, 0.5) is 17.1 Å². The van der Waals surface area contributed by atoms with Gasteiger partial charge in [-0.25, -0.2) is 0 Å². The van der Waals surface area contributed by atoms with Crippen molar-refractivity contribution in [3.63, 3.8) is 0 Å². The van der Waals surface area contributed by atoms with Crippen molar-refractivity contribution < 1.29 is 0 Å². The second-order valence-electron chi connectivity index (χ2n) is 15.6. The summed E-state index contributed by atoms with van der Waals surface area (Å²) in [4.78, 5) is 2.56. The number of hydrogen-bond donors (Lipinski definition) is 0. The standard InChI is InChI=1S/C54H45N/c1-38-18-11-14-29-47(38)50-35-41-21-12-13-22-42(41)36-53(50)55(45-28-17-23-40(34-45)39-19-5-2-6-20-39)46-32-33-49-48-30-15-16-31-51(48)54(52(49)37-46,43-24-7-3-8-25-43)44-26-9-4-10-27-44/h3-4,7-18,21-37,39H,2,5-6,19-20H2,1H3. The van der Waals surface area contributed by atoms with Crippen molar-refractivity contribution in [3.05, 3.63) is 221 Å². The molecule has 0 N–H and O–H groups in total. The number of nitrogens with zero attached hydrogens (tertiary/aromatic N) is 1. The summed E-state index contributed by atoms with van der Waals surface area (Å²) in [5, 5.41) is 2.48. The zero-order valence-electron chi connectivity index (χ0n) is 31.5. The van der Waals surface area contributed by atoms with Crippen molar-refractivity contribution in [2.24, 2.45) is 0 Å². The summed E-state index contributed by atoms with van der Waals surface area (Å²) >= 11 is 0. The number of rotatable bonds is 7. The fraction of sp³-hybridized carbons (Fsp3) is 0.148. The largest absolute Gasteiger partial charge is 0.310 e. The van der Waals surface area contributed by atoms with Crippen molar-refractivity contribution in [1.29, 1.82) is 0 Å². The Morgan fingerprint density at radius 2 is 1.04 bits per heavy atom. The Bertz CT molecular complexity index is 2610. The maximum absolute atomic E-state index is 2.56. The molecule has 0 spiro atoms. The molecule has 1 heteroatoms. The van der Waals surface area contributed by atoms with E-state index >= 15 is 0 Å². The van der Waals surface area contributed by atoms with Crippen molar-refractivity contribution in [1.82, 2.24) is 0 Å². The molecule has 0 unspecified atom stereocenters. The van der Waals surface area contributed by atoms with Crippen LogP contribution in [0.25, 0.3) is 33.0 Å². The summed E-state index contributed by atoms with van der Waals surface area (Å²) in [6, 6.07) is 70.6. The average molecular weight is 708 g/mol. The molecule has 0 atom stereocenters. The maximum atomic E-state index is 2.56. The molecule has 8 aromatic rings. The molecule has 0 aromatic heterocycles. The molecule has 0 bridgehead atoms. The molecule has 0 saturated heterocycles. The Morgan fingerprint density at radius 1 is 0.436 bits per heavy atom. The first-order chi connectivity index (χ1) is 27.2. The Morgan fingerprint density at radius 3 is 1.76 bits per heavy atom. The summed E-state index contributed by atoms with van der Waals surface area (Å²) in [6.07, 6.45) is 6.50. The van der Waals surface area contributed by atoms with Crippen molar-refractivity contribution in [2.45, 2.75) is 50.4 Å². The zero-order chi connectivity index (χ0) is 36.8. The molecule has 266 valence electrons. The molecule has 0 radical (unpaired) electrons. The predicted molar refractivity (Wildman–Crippen MR) is 232 cm³/mol. The summed E-state index contributed by atoms with van der Waals surface area (Å²) < 4.78 is 0. The monoisotopic (exact) mass is 707 g/mol. The quantitative estimate of drug-likeness (QED) is 0.159. The Kier molecular flexibility index (Phi) is 8.44. The Balaban J connectivity index is 1.28. The lowest BCUT2D eigenvalue weighted by Gasteiger charge is -2.35. The van der Waals surface area contributed by atoms with Gasteiger partial charge in [-0.15, -0.1) is 0 Å². The Labute approximate surface area is 325 Å². The highest BCUT2D eigenvalue weighted by Crippen LogP contribution is 2.57. The molecule has 1 nitrogen and oxygen atoms in total. The van der Waals surface area contributed by atoms with Gasteiger partial charge in [-0.3, -0.25) is 0 Å². The van der Waals surface area contributed by atoms with Crippen LogP contribution in [0.3, 0.4) is 0 Å². The number of aryl methyl sites for hydroxylation is 1. The lowest BCUT2D eigenvalue weighted by atomic mass is 9.67. The Hall–Kier alpha value is -6.18. The summed E-state index contributed by atoms with van der Waals surface area (Å²) in [5.41, 5.74) is 16.1. The fourth-order valence-corrected chi connectivity index (χ4v) is 9.86. The molecule has 0 aliphatic heterocycles. The van der Waals surface area contributed by atoms with Crippen molar-refractivity contribution in [2.75, 3.05) is 4.90 Å². The molecule has 1 saturated carbocycles. The van der Waals surface area contributed by atoms with Crippen LogP contribution < -0.4 is 4.90 Å². The summed E-state index contributed by atoms with van der Waals surface area (Å²) in [5.74, 6) is 0.598. The van der Waals surface area contributed by atoms with Crippen LogP contribution in [0.2, 0.25) is 0 Å². The molecular weight excluding hydrogens is 663 g/mol. The van der Waals surface area contributed by atoms with Crippen LogP contribution in [0.15, 0.2) is 188 Å². The summed E-state index contributed by atoms with van der Waals surface area (Å²) in [6.45, 7) is 2.24. The van der Waals surface area contributed by atoms with Gasteiger partial charge in [0, 0.05) is 16.9 Å². The topological polar surface area (TPSA) is 3.24 Å². The first-order valence-electron chi connectivity index (χ1n) is 20.0. The first-order valence-corrected chi connectivity index (χ1v) is 20.0. The molecule has 0 amide bonds. The van der Waals surface area contributed by atoms with E-state index < -0.39 is 5.41 Å². The highest BCUT2D eigenvalue weighted by molar-refractivity contribution is 5.99. The van der Waals surface area contributed by atoms with Gasteiger partial charge in [-0.05, 0) is 123 Å². The van der Waals surface area contributed by atoms with Gasteiger partial charge in [-0.2, -0.15) is 0 Å². The van der Waals surface area contributed by atoms with Gasteiger partial charge in [0.2, 0.25) is 0 Å². The molecule has 0 heterocycles. The lowest BCUT2D eigenvalue weighted by molar-refractivity contribution is 0.443. The highest BCUT2D eigenvalue weighted by Gasteiger charge is 2.46. The number of benzene rings is 8. The van der Waals surface area contributed by atoms with E-state index in [2.05, 4.69) is 200 Å². The number of fused-ring (bicyclic) bond motifs is 4. The van der Waals surface area contributed by atoms with Crippen LogP contribution in [0.5, 0.6) is 0 Å². The average Bonchev–Trinajstić information content (AvgIpc) is 3.55. The molecule has 10 rings (SSSR count). The smallest absolute Gasteiger partial charge is 0.0714 e. The van der Waals surface area contributed by atoms with E-state index in [0.29, 0.717) is 5.92 Å². The van der Waals surface area contributed by atoms with E-state index in [4.69, 9.17) is 0 Å². The van der Waals surface area contributed by atoms with Gasteiger partial charge in [0.1, 0.15) is 0 Å². The van der Waals surface area contributed by atoms with E-state index in [1.54, 1.807) is 0 Å². The van der Waals surface area contributed by atoms with E-state index in [-0.39, 0.29) is 0 Å². The number of hydrogen-bond acceptors (Lipinski definition) is 1. The van der Waals surface area contributed by atoms with Crippen LogP contribution in [0, 0.1) is 6.92 Å². The van der Waals surface area contributed by atoms with Gasteiger partial charge in [-0.1, -0.05) is 171 Å². The van der Waals surface area contributed by atoms with Gasteiger partial charge < -0.3 is 4.90 Å². The first kappa shape index (κ1) is 33.4. The van der Waals surface area contributed by atoms with Gasteiger partial charge >= 0.3 is 0 Å². The SMILES string of the molecule is Cc1ccccc1-c1cc2ccccc2cc1N(c1cccc(C2CCCCC2)c1)c1ccc2c(c1)C(c1ccccc1)(c1ccccc1)c1ccccc1-2. The second kappa shape index (κ2) is 13.9. The van der Waals surface area contributed by atoms with Crippen LogP contribution in [0.1, 0.15) is 71.4 Å². The minimum Gasteiger partial charge on any atom is -0.310 e. The minimum atomic E-state index is -0.484. The molecule has 2 aliphatic carbocycles. The predicted octanol–water partition coefficient (Wildman–Crippen LogP) is 14.7. The molecule has 1 fully saturated rings. The van der Waals surface area contributed by atoms with E-state index in [1.807, 2.05) is 0 Å². The van der Waals surface area contributed by atoms with E-state index in [0.717, 1.165) is 5.69 Å². The maximum Gasteiger partial charge on any atom is 0.0714 e. The van der Waals surface area contributed by atoms with Gasteiger partial charge in [0.25, 0.3) is 0 Å². The third kappa shape index (κ3) is 5.61. The third-order valence-electron chi connectivity index (χ3n) is 12.4. The zero-order valence-corrected chi connectivity index (χ0v) is 31.5. The summed E-state index contributed by atoms with van der Waals surface area (Å²) in [7, 11) is 0. The molecule has 2 aliphatic rings. The second-order valence-corrected chi connectivity index (χ2v) is 15.6. The number of anilines is 3. The fourth-order valence-electron chi connectivity index (χ4n) is 9.86. The lowest BCUT2D eigenvalue weighted by Crippen LogP contribution is -2.28. The molecular formula is C54H45N. The normalized spacial score (nSPS) is 14.7. The van der Waals surface area contributed by atoms with Gasteiger partial charge in [0.05, 0.1) is 11.1 Å². The van der Waals surface area contributed by atoms with E-state index in [9.17, 15) is 0 Å². The van der Waals surface area contributed by atoms with Crippen LogP contribution in [-0.2, 0) is 5.41 Å². The van der Waals surface area contributed by atoms with Crippen LogP contribution in [-0.4, -0.2) is 0 Å². The highest BCUT2D eigenvalue weighted by atomic mass is 15.1. The third-order valence-corrected chi connectivity index (χ3v) is 12.4.